The molecule has 1 rings (SSSR count). The first-order valence-electron chi connectivity index (χ1n) is 3.38. The number of aromatic amines is 1. The topological polar surface area (TPSA) is 72.1 Å². The van der Waals surface area contributed by atoms with E-state index in [0.717, 1.165) is 0 Å². The van der Waals surface area contributed by atoms with Crippen LogP contribution in [0.15, 0.2) is 16.9 Å². The zero-order valence-electron chi connectivity index (χ0n) is 6.83. The zero-order chi connectivity index (χ0) is 9.68. The summed E-state index contributed by atoms with van der Waals surface area (Å²) < 4.78 is 4.28. The van der Waals surface area contributed by atoms with Crippen molar-refractivity contribution in [3.8, 4) is 11.8 Å². The standard InChI is InChI=1S/C8H6N2O3/c1-13-8(12)5-3-6-2-4-7(11)10-9-6/h2,4H,1H3,(H,10,11). The Morgan fingerprint density at radius 3 is 2.92 bits per heavy atom. The molecular weight excluding hydrogens is 172 g/mol. The van der Waals surface area contributed by atoms with Gasteiger partial charge >= 0.3 is 5.97 Å². The first-order valence-corrected chi connectivity index (χ1v) is 3.38. The molecule has 0 amide bonds. The monoisotopic (exact) mass is 178 g/mol. The lowest BCUT2D eigenvalue weighted by Crippen LogP contribution is -2.06. The Balaban J connectivity index is 2.84. The fraction of sp³-hybridized carbons (Fsp3) is 0.125. The molecule has 13 heavy (non-hydrogen) atoms. The fourth-order valence-electron chi connectivity index (χ4n) is 0.580. The molecule has 5 nitrogen and oxygen atoms in total. The van der Waals surface area contributed by atoms with Crippen molar-refractivity contribution in [2.45, 2.75) is 0 Å². The number of carbonyl (C=O) groups excluding carboxylic acids is 1. The van der Waals surface area contributed by atoms with Crippen LogP contribution < -0.4 is 5.56 Å². The summed E-state index contributed by atoms with van der Waals surface area (Å²) >= 11 is 0. The molecule has 66 valence electrons. The van der Waals surface area contributed by atoms with Gasteiger partial charge in [0.05, 0.1) is 7.11 Å². The number of esters is 1. The van der Waals surface area contributed by atoms with Crippen LogP contribution in [0.2, 0.25) is 0 Å². The number of hydrogen-bond acceptors (Lipinski definition) is 4. The molecule has 0 bridgehead atoms. The maximum atomic E-state index is 10.6. The van der Waals surface area contributed by atoms with Gasteiger partial charge in [-0.2, -0.15) is 5.10 Å². The second-order valence-electron chi connectivity index (χ2n) is 2.05. The predicted molar refractivity (Wildman–Crippen MR) is 43.8 cm³/mol. The van der Waals surface area contributed by atoms with Gasteiger partial charge in [-0.15, -0.1) is 0 Å². The molecule has 1 aromatic rings. The van der Waals surface area contributed by atoms with Crippen LogP contribution in [-0.2, 0) is 9.53 Å². The molecule has 0 spiro atoms. The van der Waals surface area contributed by atoms with Crippen LogP contribution in [0.25, 0.3) is 0 Å². The van der Waals surface area contributed by atoms with Crippen molar-refractivity contribution in [3.05, 3.63) is 28.2 Å². The Morgan fingerprint density at radius 1 is 1.62 bits per heavy atom. The van der Waals surface area contributed by atoms with Crippen molar-refractivity contribution < 1.29 is 9.53 Å². The quantitative estimate of drug-likeness (QED) is 0.421. The highest BCUT2D eigenvalue weighted by Gasteiger charge is 1.91. The van der Waals surface area contributed by atoms with Crippen molar-refractivity contribution in [2.75, 3.05) is 7.11 Å². The van der Waals surface area contributed by atoms with Crippen molar-refractivity contribution in [1.82, 2.24) is 10.2 Å². The summed E-state index contributed by atoms with van der Waals surface area (Å²) in [4.78, 5) is 21.1. The number of nitrogens with one attached hydrogen (secondary N) is 1. The highest BCUT2D eigenvalue weighted by molar-refractivity contribution is 5.88. The van der Waals surface area contributed by atoms with Gasteiger partial charge in [0, 0.05) is 12.0 Å². The Hall–Kier alpha value is -2.09. The van der Waals surface area contributed by atoms with E-state index >= 15 is 0 Å². The summed E-state index contributed by atoms with van der Waals surface area (Å²) in [7, 11) is 1.23. The molecule has 0 aromatic carbocycles. The Kier molecular flexibility index (Phi) is 2.82. The molecule has 0 aliphatic carbocycles. The number of ether oxygens (including phenoxy) is 1. The number of H-pyrrole nitrogens is 1. The summed E-state index contributed by atoms with van der Waals surface area (Å²) in [5, 5.41) is 5.75. The molecular formula is C8H6N2O3. The van der Waals surface area contributed by atoms with Gasteiger partial charge in [-0.25, -0.2) is 9.89 Å². The summed E-state index contributed by atoms with van der Waals surface area (Å²) in [5.74, 6) is 3.94. The average Bonchev–Trinajstić information content (AvgIpc) is 2.16. The molecule has 0 fully saturated rings. The van der Waals surface area contributed by atoms with Crippen molar-refractivity contribution >= 4 is 5.97 Å². The van der Waals surface area contributed by atoms with Gasteiger partial charge in [-0.1, -0.05) is 0 Å². The zero-order valence-corrected chi connectivity index (χ0v) is 6.83. The Bertz CT molecular complexity index is 405. The molecule has 0 unspecified atom stereocenters. The average molecular weight is 178 g/mol. The van der Waals surface area contributed by atoms with Crippen molar-refractivity contribution in [2.24, 2.45) is 0 Å². The minimum atomic E-state index is -0.645. The third kappa shape index (κ3) is 2.79. The minimum absolute atomic E-state index is 0.310. The SMILES string of the molecule is COC(=O)C#Cc1ccc(=O)[nH]n1. The van der Waals surface area contributed by atoms with Crippen LogP contribution in [0.3, 0.4) is 0 Å². The van der Waals surface area contributed by atoms with E-state index in [0.29, 0.717) is 5.69 Å². The van der Waals surface area contributed by atoms with Crippen molar-refractivity contribution in [1.29, 1.82) is 0 Å². The van der Waals surface area contributed by atoms with E-state index < -0.39 is 5.97 Å². The number of hydrogen-bond donors (Lipinski definition) is 1. The molecule has 1 aromatic heterocycles. The van der Waals surface area contributed by atoms with E-state index in [1.54, 1.807) is 0 Å². The molecule has 0 atom stereocenters. The lowest BCUT2D eigenvalue weighted by molar-refractivity contribution is -0.133. The smallest absolute Gasteiger partial charge is 0.384 e. The van der Waals surface area contributed by atoms with Crippen LogP contribution in [0, 0.1) is 11.8 Å². The number of rotatable bonds is 0. The minimum Gasteiger partial charge on any atom is -0.459 e. The van der Waals surface area contributed by atoms with Gasteiger partial charge in [0.2, 0.25) is 0 Å². The summed E-state index contributed by atoms with van der Waals surface area (Å²) in [5.41, 5.74) is -0.00591. The second kappa shape index (κ2) is 4.07. The van der Waals surface area contributed by atoms with Gasteiger partial charge in [0.15, 0.2) is 0 Å². The van der Waals surface area contributed by atoms with Gasteiger partial charge in [-0.05, 0) is 12.0 Å². The van der Waals surface area contributed by atoms with E-state index in [2.05, 4.69) is 26.8 Å². The van der Waals surface area contributed by atoms with E-state index in [1.807, 2.05) is 0 Å². The Labute approximate surface area is 73.7 Å². The molecule has 1 heterocycles. The van der Waals surface area contributed by atoms with Crippen LogP contribution in [0.1, 0.15) is 5.69 Å². The fourth-order valence-corrected chi connectivity index (χ4v) is 0.580. The van der Waals surface area contributed by atoms with E-state index in [-0.39, 0.29) is 5.56 Å². The van der Waals surface area contributed by atoms with Gasteiger partial charge in [0.25, 0.3) is 5.56 Å². The molecule has 5 heteroatoms. The van der Waals surface area contributed by atoms with Crippen LogP contribution in [0.5, 0.6) is 0 Å². The first-order chi connectivity index (χ1) is 6.22. The maximum absolute atomic E-state index is 10.6. The lowest BCUT2D eigenvalue weighted by atomic mass is 10.4. The summed E-state index contributed by atoms with van der Waals surface area (Å²) in [6.07, 6.45) is 0. The normalized spacial score (nSPS) is 8.38. The van der Waals surface area contributed by atoms with E-state index in [4.69, 9.17) is 0 Å². The van der Waals surface area contributed by atoms with Crippen LogP contribution >= 0.6 is 0 Å². The summed E-state index contributed by atoms with van der Waals surface area (Å²) in [6, 6.07) is 2.68. The third-order valence-electron chi connectivity index (χ3n) is 1.16. The molecule has 0 radical (unpaired) electrons. The molecule has 0 aliphatic rings. The maximum Gasteiger partial charge on any atom is 0.384 e. The van der Waals surface area contributed by atoms with Crippen LogP contribution in [-0.4, -0.2) is 23.3 Å². The summed E-state index contributed by atoms with van der Waals surface area (Å²) in [6.45, 7) is 0. The number of nitrogens with zero attached hydrogens (tertiary/aromatic N) is 1. The third-order valence-corrected chi connectivity index (χ3v) is 1.16. The van der Waals surface area contributed by atoms with Crippen molar-refractivity contribution in [3.63, 3.8) is 0 Å². The molecule has 0 saturated heterocycles. The predicted octanol–water partition coefficient (Wildman–Crippen LogP) is -0.706. The first kappa shape index (κ1) is 9.00. The lowest BCUT2D eigenvalue weighted by Gasteiger charge is -1.86. The number of aromatic nitrogens is 2. The highest BCUT2D eigenvalue weighted by Crippen LogP contribution is 1.83. The van der Waals surface area contributed by atoms with Gasteiger partial charge in [-0.3, -0.25) is 4.79 Å². The highest BCUT2D eigenvalue weighted by atomic mass is 16.5. The Morgan fingerprint density at radius 2 is 2.38 bits per heavy atom. The van der Waals surface area contributed by atoms with Gasteiger partial charge < -0.3 is 4.74 Å². The molecule has 1 N–H and O–H groups in total. The molecule has 0 aliphatic heterocycles. The van der Waals surface area contributed by atoms with Gasteiger partial charge in [0.1, 0.15) is 5.69 Å². The molecule has 0 saturated carbocycles. The number of carbonyl (C=O) groups is 1. The number of methoxy groups -OCH3 is 1. The van der Waals surface area contributed by atoms with E-state index in [1.165, 1.54) is 19.2 Å². The van der Waals surface area contributed by atoms with Crippen LogP contribution in [0.4, 0.5) is 0 Å². The largest absolute Gasteiger partial charge is 0.459 e. The van der Waals surface area contributed by atoms with E-state index in [9.17, 15) is 9.59 Å². The second-order valence-corrected chi connectivity index (χ2v) is 2.05.